The molecular weight excluding hydrogens is 478 g/mol. The second-order valence-electron chi connectivity index (χ2n) is 6.58. The Morgan fingerprint density at radius 2 is 1.93 bits per heavy atom. The third-order valence-electron chi connectivity index (χ3n) is 4.39. The first-order chi connectivity index (χ1) is 14.6. The van der Waals surface area contributed by atoms with Crippen molar-refractivity contribution in [3.8, 4) is 28.8 Å². The van der Waals surface area contributed by atoms with Crippen molar-refractivity contribution >= 4 is 37.5 Å². The van der Waals surface area contributed by atoms with Crippen LogP contribution in [0.25, 0.3) is 21.6 Å². The lowest BCUT2D eigenvalue weighted by Crippen LogP contribution is -2.04. The van der Waals surface area contributed by atoms with Crippen LogP contribution in [0.5, 0.6) is 17.4 Å². The molecule has 1 saturated heterocycles. The van der Waals surface area contributed by atoms with E-state index in [2.05, 4.69) is 25.9 Å². The van der Waals surface area contributed by atoms with Crippen molar-refractivity contribution < 1.29 is 23.0 Å². The first-order valence-electron chi connectivity index (χ1n) is 8.99. The van der Waals surface area contributed by atoms with E-state index in [0.29, 0.717) is 28.4 Å². The van der Waals surface area contributed by atoms with Crippen molar-refractivity contribution in [3.63, 3.8) is 0 Å². The molecule has 1 aliphatic rings. The molecule has 0 spiro atoms. The maximum Gasteiger partial charge on any atom is 0.241 e. The molecule has 0 N–H and O–H groups in total. The van der Waals surface area contributed by atoms with Gasteiger partial charge in [0.05, 0.1) is 16.6 Å². The topological polar surface area (TPSA) is 56.8 Å². The van der Waals surface area contributed by atoms with E-state index in [-0.39, 0.29) is 17.7 Å². The molecule has 3 heterocycles. The number of hydrogen-bond acceptors (Lipinski definition) is 6. The number of nitrogens with zero attached hydrogens (tertiary/aromatic N) is 2. The van der Waals surface area contributed by atoms with Gasteiger partial charge in [0, 0.05) is 11.6 Å². The van der Waals surface area contributed by atoms with Crippen LogP contribution in [0.2, 0.25) is 0 Å². The van der Waals surface area contributed by atoms with Crippen molar-refractivity contribution in [1.29, 1.82) is 0 Å². The highest BCUT2D eigenvalue weighted by atomic mass is 79.9. The van der Waals surface area contributed by atoms with E-state index < -0.39 is 11.6 Å². The van der Waals surface area contributed by atoms with Gasteiger partial charge in [-0.15, -0.1) is 11.3 Å². The summed E-state index contributed by atoms with van der Waals surface area (Å²) in [6.07, 6.45) is 0.160. The molecule has 1 unspecified atom stereocenters. The highest BCUT2D eigenvalue weighted by Crippen LogP contribution is 2.36. The van der Waals surface area contributed by atoms with Crippen LogP contribution in [-0.2, 0) is 4.74 Å². The first kappa shape index (κ1) is 19.3. The lowest BCUT2D eigenvalue weighted by atomic mass is 10.2. The van der Waals surface area contributed by atoms with Crippen LogP contribution in [0.4, 0.5) is 8.78 Å². The fourth-order valence-corrected chi connectivity index (χ4v) is 4.05. The van der Waals surface area contributed by atoms with Gasteiger partial charge in [0.1, 0.15) is 29.0 Å². The third kappa shape index (κ3) is 4.00. The summed E-state index contributed by atoms with van der Waals surface area (Å²) in [5.74, 6) is -0.276. The lowest BCUT2D eigenvalue weighted by Gasteiger charge is -2.11. The maximum absolute atomic E-state index is 14.1. The van der Waals surface area contributed by atoms with Crippen LogP contribution in [0.3, 0.4) is 0 Å². The average Bonchev–Trinajstić information content (AvgIpc) is 3.43. The zero-order valence-electron chi connectivity index (χ0n) is 15.3. The minimum absolute atomic E-state index is 0.108. The van der Waals surface area contributed by atoms with Gasteiger partial charge in [-0.1, -0.05) is 0 Å². The minimum atomic E-state index is -0.802. The molecule has 1 aliphatic heterocycles. The molecule has 5 rings (SSSR count). The van der Waals surface area contributed by atoms with E-state index in [4.69, 9.17) is 14.2 Å². The molecule has 0 bridgehead atoms. The number of hydrogen-bond donors (Lipinski definition) is 0. The molecule has 1 fully saturated rings. The van der Waals surface area contributed by atoms with Gasteiger partial charge in [-0.05, 0) is 57.7 Å². The highest BCUT2D eigenvalue weighted by molar-refractivity contribution is 9.10. The van der Waals surface area contributed by atoms with Gasteiger partial charge in [0.2, 0.25) is 5.88 Å². The Balaban J connectivity index is 1.49. The highest BCUT2D eigenvalue weighted by Gasteiger charge is 2.23. The van der Waals surface area contributed by atoms with E-state index in [1.807, 2.05) is 29.6 Å². The van der Waals surface area contributed by atoms with E-state index in [0.717, 1.165) is 28.8 Å². The molecule has 30 heavy (non-hydrogen) atoms. The van der Waals surface area contributed by atoms with Gasteiger partial charge in [-0.25, -0.2) is 13.8 Å². The number of fused-ring (bicyclic) bond motifs is 1. The molecule has 0 saturated carbocycles. The van der Waals surface area contributed by atoms with Crippen molar-refractivity contribution in [2.24, 2.45) is 0 Å². The van der Waals surface area contributed by atoms with Crippen molar-refractivity contribution in [1.82, 2.24) is 9.97 Å². The van der Waals surface area contributed by atoms with Gasteiger partial charge >= 0.3 is 0 Å². The van der Waals surface area contributed by atoms with Crippen molar-refractivity contribution in [3.05, 3.63) is 64.0 Å². The number of ether oxygens (including phenoxy) is 3. The van der Waals surface area contributed by atoms with Crippen LogP contribution in [0, 0.1) is 11.6 Å². The predicted octanol–water partition coefficient (Wildman–Crippen LogP) is 5.97. The second-order valence-corrected chi connectivity index (χ2v) is 8.35. The maximum atomic E-state index is 14.1. The molecule has 0 aliphatic carbocycles. The minimum Gasteiger partial charge on any atom is -0.490 e. The van der Waals surface area contributed by atoms with Crippen LogP contribution in [0.15, 0.2) is 52.3 Å². The van der Waals surface area contributed by atoms with Gasteiger partial charge in [0.25, 0.3) is 0 Å². The van der Waals surface area contributed by atoms with E-state index in [9.17, 15) is 8.78 Å². The van der Waals surface area contributed by atoms with Crippen molar-refractivity contribution in [2.45, 2.75) is 6.10 Å². The molecule has 152 valence electrons. The van der Waals surface area contributed by atoms with Gasteiger partial charge in [-0.2, -0.15) is 4.98 Å². The Hall–Kier alpha value is -2.62. The Bertz CT molecular complexity index is 1250. The summed E-state index contributed by atoms with van der Waals surface area (Å²) in [6.45, 7) is 1.22. The molecule has 2 aromatic carbocycles. The first-order valence-corrected chi connectivity index (χ1v) is 10.7. The van der Waals surface area contributed by atoms with E-state index in [1.54, 1.807) is 0 Å². The molecule has 4 aromatic rings. The van der Waals surface area contributed by atoms with Crippen molar-refractivity contribution in [2.75, 3.05) is 13.2 Å². The van der Waals surface area contributed by atoms with Gasteiger partial charge < -0.3 is 14.2 Å². The predicted molar refractivity (Wildman–Crippen MR) is 112 cm³/mol. The number of rotatable bonds is 6. The molecule has 5 nitrogen and oxygen atoms in total. The Morgan fingerprint density at radius 1 is 1.10 bits per heavy atom. The monoisotopic (exact) mass is 490 g/mol. The van der Waals surface area contributed by atoms with E-state index >= 15 is 0 Å². The summed E-state index contributed by atoms with van der Waals surface area (Å²) in [7, 11) is 0. The zero-order chi connectivity index (χ0) is 20.7. The van der Waals surface area contributed by atoms with E-state index in [1.165, 1.54) is 17.4 Å². The fourth-order valence-electron chi connectivity index (χ4n) is 2.80. The quantitative estimate of drug-likeness (QED) is 0.311. The summed E-state index contributed by atoms with van der Waals surface area (Å²) < 4.78 is 45.3. The summed E-state index contributed by atoms with van der Waals surface area (Å²) >= 11 is 4.89. The lowest BCUT2D eigenvalue weighted by molar-refractivity contribution is 0.262. The average molecular weight is 491 g/mol. The number of thiophene rings is 1. The number of aromatic nitrogens is 2. The SMILES string of the molecule is Fc1ccc(Oc2nc(-c3ccc(OCC4CO4)c(Br)c3)nc3ccsc23)c(F)c1. The summed E-state index contributed by atoms with van der Waals surface area (Å²) in [5, 5.41) is 1.85. The molecule has 0 radical (unpaired) electrons. The molecule has 9 heteroatoms. The molecule has 2 aromatic heterocycles. The summed E-state index contributed by atoms with van der Waals surface area (Å²) in [6, 6.07) is 10.5. The summed E-state index contributed by atoms with van der Waals surface area (Å²) in [5.41, 5.74) is 1.40. The normalized spacial score (nSPS) is 15.4. The smallest absolute Gasteiger partial charge is 0.241 e. The molecule has 1 atom stereocenters. The standard InChI is InChI=1S/C21H13BrF2N2O3S/c22-14-7-11(1-3-17(14)28-10-13-9-27-13)20-25-16-5-6-30-19(16)21(26-20)29-18-4-2-12(23)8-15(18)24/h1-8,13H,9-10H2. The number of halogens is 3. The Kier molecular flexibility index (Phi) is 5.10. The number of epoxide rings is 1. The van der Waals surface area contributed by atoms with Crippen LogP contribution in [-0.4, -0.2) is 29.3 Å². The zero-order valence-corrected chi connectivity index (χ0v) is 17.7. The third-order valence-corrected chi connectivity index (χ3v) is 5.90. The Morgan fingerprint density at radius 3 is 2.70 bits per heavy atom. The largest absolute Gasteiger partial charge is 0.490 e. The van der Waals surface area contributed by atoms with Crippen LogP contribution >= 0.6 is 27.3 Å². The van der Waals surface area contributed by atoms with Gasteiger partial charge in [0.15, 0.2) is 17.4 Å². The summed E-state index contributed by atoms with van der Waals surface area (Å²) in [4.78, 5) is 9.08. The van der Waals surface area contributed by atoms with Crippen LogP contribution in [0.1, 0.15) is 0 Å². The second kappa shape index (κ2) is 7.90. The fraction of sp³-hybridized carbons (Fsp3) is 0.143. The van der Waals surface area contributed by atoms with Crippen LogP contribution < -0.4 is 9.47 Å². The van der Waals surface area contributed by atoms with Gasteiger partial charge in [-0.3, -0.25) is 0 Å². The number of benzene rings is 2. The molecular formula is C21H13BrF2N2O3S. The Labute approximate surface area is 182 Å². The molecule has 0 amide bonds.